The molecule has 0 spiro atoms. The quantitative estimate of drug-likeness (QED) is 0.385. The highest BCUT2D eigenvalue weighted by molar-refractivity contribution is 7.80. The van der Waals surface area contributed by atoms with Gasteiger partial charge < -0.3 is 10.5 Å². The van der Waals surface area contributed by atoms with Gasteiger partial charge in [-0.2, -0.15) is 0 Å². The van der Waals surface area contributed by atoms with Crippen molar-refractivity contribution >= 4 is 17.4 Å². The van der Waals surface area contributed by atoms with Crippen molar-refractivity contribution in [3.63, 3.8) is 0 Å². The summed E-state index contributed by atoms with van der Waals surface area (Å²) in [5, 5.41) is 0.00463. The van der Waals surface area contributed by atoms with Crippen LogP contribution in [0.2, 0.25) is 0 Å². The van der Waals surface area contributed by atoms with Crippen LogP contribution in [-0.4, -0.2) is 5.17 Å². The van der Waals surface area contributed by atoms with Gasteiger partial charge in [-0.1, -0.05) is 6.58 Å². The molecule has 0 amide bonds. The minimum atomic E-state index is 0.00463. The second-order valence-corrected chi connectivity index (χ2v) is 1.01. The van der Waals surface area contributed by atoms with Crippen LogP contribution in [0.1, 0.15) is 0 Å². The fourth-order valence-corrected chi connectivity index (χ4v) is 0.150. The summed E-state index contributed by atoms with van der Waals surface area (Å²) in [7, 11) is 0. The molecule has 0 atom stereocenters. The van der Waals surface area contributed by atoms with Gasteiger partial charge in [0.15, 0.2) is 0 Å². The van der Waals surface area contributed by atoms with E-state index in [-0.39, 0.29) is 5.17 Å². The van der Waals surface area contributed by atoms with E-state index in [4.69, 9.17) is 5.73 Å². The minimum absolute atomic E-state index is 0.00463. The molecule has 0 unspecified atom stereocenters. The lowest BCUT2D eigenvalue weighted by molar-refractivity contribution is 0.480. The monoisotopic (exact) mass is 103 g/mol. The number of ether oxygens (including phenoxy) is 1. The Balaban J connectivity index is 3.05. The summed E-state index contributed by atoms with van der Waals surface area (Å²) in [5.41, 5.74) is 4.84. The zero-order valence-corrected chi connectivity index (χ0v) is 3.99. The average molecular weight is 103 g/mol. The van der Waals surface area contributed by atoms with Gasteiger partial charge in [0.1, 0.15) is 0 Å². The Morgan fingerprint density at radius 2 is 2.50 bits per heavy atom. The fourth-order valence-electron chi connectivity index (χ4n) is 0.0821. The molecule has 0 aromatic heterocycles. The molecule has 3 heteroatoms. The van der Waals surface area contributed by atoms with Crippen LogP contribution < -0.4 is 5.73 Å². The molecular weight excluding hydrogens is 98.1 g/mol. The summed E-state index contributed by atoms with van der Waals surface area (Å²) in [6.07, 6.45) is 1.18. The van der Waals surface area contributed by atoms with Crippen LogP contribution in [0.25, 0.3) is 0 Å². The normalized spacial score (nSPS) is 6.67. The fraction of sp³-hybridized carbons (Fsp3) is 0. The highest BCUT2D eigenvalue weighted by Crippen LogP contribution is 1.68. The molecule has 6 heavy (non-hydrogen) atoms. The lowest BCUT2D eigenvalue weighted by Gasteiger charge is -1.87. The van der Waals surface area contributed by atoms with Gasteiger partial charge in [0.25, 0.3) is 5.17 Å². The highest BCUT2D eigenvalue weighted by atomic mass is 32.1. The summed E-state index contributed by atoms with van der Waals surface area (Å²) in [4.78, 5) is 0. The smallest absolute Gasteiger partial charge is 0.258 e. The van der Waals surface area contributed by atoms with Crippen LogP contribution in [0, 0.1) is 0 Å². The van der Waals surface area contributed by atoms with Gasteiger partial charge in [-0.15, -0.1) is 0 Å². The zero-order chi connectivity index (χ0) is 4.99. The van der Waals surface area contributed by atoms with Gasteiger partial charge in [0.2, 0.25) is 0 Å². The molecular formula is C3H5NOS. The van der Waals surface area contributed by atoms with Crippen LogP contribution in [-0.2, 0) is 4.74 Å². The van der Waals surface area contributed by atoms with Gasteiger partial charge in [-0.3, -0.25) is 0 Å². The summed E-state index contributed by atoms with van der Waals surface area (Å²) >= 11 is 4.28. The molecule has 0 aliphatic rings. The van der Waals surface area contributed by atoms with Crippen LogP contribution >= 0.6 is 12.2 Å². The first-order chi connectivity index (χ1) is 2.77. The van der Waals surface area contributed by atoms with Crippen molar-refractivity contribution in [1.29, 1.82) is 0 Å². The maximum Gasteiger partial charge on any atom is 0.258 e. The Bertz CT molecular complexity index is 71.2. The molecule has 34 valence electrons. The molecule has 0 rings (SSSR count). The van der Waals surface area contributed by atoms with Gasteiger partial charge >= 0.3 is 0 Å². The van der Waals surface area contributed by atoms with Crippen molar-refractivity contribution in [2.75, 3.05) is 0 Å². The summed E-state index contributed by atoms with van der Waals surface area (Å²) in [6, 6.07) is 0. The summed E-state index contributed by atoms with van der Waals surface area (Å²) < 4.78 is 4.31. The zero-order valence-electron chi connectivity index (χ0n) is 3.18. The molecule has 2 nitrogen and oxygen atoms in total. The van der Waals surface area contributed by atoms with Gasteiger partial charge in [-0.05, 0) is 12.2 Å². The Hall–Kier alpha value is -0.570. The standard InChI is InChI=1S/C3H5NOS/c1-2-5-3(4)6/h2H,1H2,(H2,4,6). The van der Waals surface area contributed by atoms with Crippen molar-refractivity contribution in [2.45, 2.75) is 0 Å². The van der Waals surface area contributed by atoms with Crippen LogP contribution in [0.5, 0.6) is 0 Å². The molecule has 0 aromatic rings. The number of rotatable bonds is 1. The van der Waals surface area contributed by atoms with Crippen molar-refractivity contribution in [3.8, 4) is 0 Å². The van der Waals surface area contributed by atoms with E-state index in [2.05, 4.69) is 23.5 Å². The predicted molar refractivity (Wildman–Crippen MR) is 28.1 cm³/mol. The molecule has 0 radical (unpaired) electrons. The van der Waals surface area contributed by atoms with E-state index >= 15 is 0 Å². The molecule has 0 heterocycles. The van der Waals surface area contributed by atoms with Gasteiger partial charge in [0.05, 0.1) is 6.26 Å². The number of thiocarbonyl (C=S) groups is 1. The van der Waals surface area contributed by atoms with E-state index in [1.54, 1.807) is 0 Å². The lowest BCUT2D eigenvalue weighted by Crippen LogP contribution is -2.07. The molecule has 0 saturated carbocycles. The summed E-state index contributed by atoms with van der Waals surface area (Å²) in [5.74, 6) is 0. The molecule has 2 N–H and O–H groups in total. The highest BCUT2D eigenvalue weighted by Gasteiger charge is 1.73. The Morgan fingerprint density at radius 1 is 2.00 bits per heavy atom. The maximum absolute atomic E-state index is 4.84. The molecule has 0 bridgehead atoms. The topological polar surface area (TPSA) is 35.2 Å². The van der Waals surface area contributed by atoms with E-state index in [1.165, 1.54) is 6.26 Å². The van der Waals surface area contributed by atoms with Crippen LogP contribution in [0.15, 0.2) is 12.8 Å². The number of hydrogen-bond donors (Lipinski definition) is 1. The van der Waals surface area contributed by atoms with E-state index in [1.807, 2.05) is 0 Å². The second-order valence-electron chi connectivity index (χ2n) is 0.604. The lowest BCUT2D eigenvalue weighted by atomic mass is 11.1. The first-order valence-electron chi connectivity index (χ1n) is 1.34. The molecule has 0 aromatic carbocycles. The first kappa shape index (κ1) is 5.43. The average Bonchev–Trinajstić information content (AvgIpc) is 1.35. The number of nitrogens with two attached hydrogens (primary N) is 1. The second kappa shape index (κ2) is 2.66. The van der Waals surface area contributed by atoms with Crippen LogP contribution in [0.3, 0.4) is 0 Å². The molecule has 0 saturated heterocycles. The van der Waals surface area contributed by atoms with E-state index in [9.17, 15) is 0 Å². The third kappa shape index (κ3) is 3.43. The predicted octanol–water partition coefficient (Wildman–Crippen LogP) is 0.390. The minimum Gasteiger partial charge on any atom is -0.441 e. The van der Waals surface area contributed by atoms with Gasteiger partial charge in [-0.25, -0.2) is 0 Å². The third-order valence-corrected chi connectivity index (χ3v) is 0.296. The Labute approximate surface area is 41.6 Å². The largest absolute Gasteiger partial charge is 0.441 e. The van der Waals surface area contributed by atoms with Crippen molar-refractivity contribution < 1.29 is 4.74 Å². The van der Waals surface area contributed by atoms with Gasteiger partial charge in [0, 0.05) is 0 Å². The Kier molecular flexibility index (Phi) is 2.40. The maximum atomic E-state index is 4.84. The van der Waals surface area contributed by atoms with Crippen molar-refractivity contribution in [2.24, 2.45) is 5.73 Å². The number of hydrogen-bond acceptors (Lipinski definition) is 2. The first-order valence-corrected chi connectivity index (χ1v) is 1.75. The third-order valence-electron chi connectivity index (χ3n) is 0.199. The van der Waals surface area contributed by atoms with Crippen LogP contribution in [0.4, 0.5) is 0 Å². The Morgan fingerprint density at radius 3 is 2.50 bits per heavy atom. The molecule has 0 aliphatic heterocycles. The van der Waals surface area contributed by atoms with E-state index in [0.717, 1.165) is 0 Å². The van der Waals surface area contributed by atoms with E-state index in [0.29, 0.717) is 0 Å². The van der Waals surface area contributed by atoms with Crippen molar-refractivity contribution in [1.82, 2.24) is 0 Å². The summed E-state index contributed by atoms with van der Waals surface area (Å²) in [6.45, 7) is 3.21. The molecule has 0 aliphatic carbocycles. The SMILES string of the molecule is C=COC(N)=S. The van der Waals surface area contributed by atoms with E-state index < -0.39 is 0 Å². The molecule has 0 fully saturated rings. The van der Waals surface area contributed by atoms with Crippen molar-refractivity contribution in [3.05, 3.63) is 12.8 Å².